The first-order chi connectivity index (χ1) is 5.63. The molecule has 1 unspecified atom stereocenters. The van der Waals surface area contributed by atoms with Crippen molar-refractivity contribution >= 4 is 15.9 Å². The van der Waals surface area contributed by atoms with Crippen LogP contribution in [0.2, 0.25) is 0 Å². The molecule has 0 aliphatic heterocycles. The third kappa shape index (κ3) is 2.30. The Morgan fingerprint density at radius 1 is 1.42 bits per heavy atom. The molecule has 12 heavy (non-hydrogen) atoms. The van der Waals surface area contributed by atoms with Gasteiger partial charge in [-0.3, -0.25) is 0 Å². The van der Waals surface area contributed by atoms with E-state index in [0.717, 1.165) is 15.6 Å². The first kappa shape index (κ1) is 9.71. The molecule has 2 nitrogen and oxygen atoms in total. The van der Waals surface area contributed by atoms with Gasteiger partial charge < -0.3 is 10.2 Å². The summed E-state index contributed by atoms with van der Waals surface area (Å²) in [5, 5.41) is 18.1. The molecule has 1 rings (SSSR count). The number of benzene rings is 1. The van der Waals surface area contributed by atoms with Gasteiger partial charge in [0.15, 0.2) is 0 Å². The van der Waals surface area contributed by atoms with Crippen LogP contribution in [0.4, 0.5) is 0 Å². The lowest BCUT2D eigenvalue weighted by Gasteiger charge is -2.07. The van der Waals surface area contributed by atoms with E-state index >= 15 is 0 Å². The maximum absolute atomic E-state index is 9.27. The van der Waals surface area contributed by atoms with E-state index < -0.39 is 6.10 Å². The second-order valence-electron chi connectivity index (χ2n) is 2.73. The van der Waals surface area contributed by atoms with Crippen LogP contribution in [0.15, 0.2) is 22.7 Å². The first-order valence-electron chi connectivity index (χ1n) is 3.72. The monoisotopic (exact) mass is 230 g/mol. The summed E-state index contributed by atoms with van der Waals surface area (Å²) in [5.74, 6) is 0. The normalized spacial score (nSPS) is 13.0. The molecule has 0 heterocycles. The molecule has 0 saturated heterocycles. The number of aliphatic hydroxyl groups excluding tert-OH is 2. The van der Waals surface area contributed by atoms with Crippen LogP contribution in [-0.2, 0) is 6.61 Å². The molecule has 0 bridgehead atoms. The van der Waals surface area contributed by atoms with E-state index in [-0.39, 0.29) is 6.61 Å². The van der Waals surface area contributed by atoms with Crippen molar-refractivity contribution in [2.24, 2.45) is 0 Å². The predicted octanol–water partition coefficient (Wildman–Crippen LogP) is 1.99. The summed E-state index contributed by atoms with van der Waals surface area (Å²) >= 11 is 3.30. The summed E-state index contributed by atoms with van der Waals surface area (Å²) in [7, 11) is 0. The van der Waals surface area contributed by atoms with Gasteiger partial charge in [0.05, 0.1) is 12.7 Å². The Morgan fingerprint density at radius 3 is 2.58 bits per heavy atom. The van der Waals surface area contributed by atoms with Crippen LogP contribution in [-0.4, -0.2) is 10.2 Å². The quantitative estimate of drug-likeness (QED) is 0.817. The lowest BCUT2D eigenvalue weighted by atomic mass is 10.1. The van der Waals surface area contributed by atoms with E-state index in [9.17, 15) is 5.11 Å². The van der Waals surface area contributed by atoms with Crippen molar-refractivity contribution in [2.75, 3.05) is 0 Å². The van der Waals surface area contributed by atoms with Gasteiger partial charge >= 0.3 is 0 Å². The average Bonchev–Trinajstić information content (AvgIpc) is 2.03. The molecule has 0 spiro atoms. The zero-order chi connectivity index (χ0) is 9.14. The summed E-state index contributed by atoms with van der Waals surface area (Å²) in [5.41, 5.74) is 1.62. The summed E-state index contributed by atoms with van der Waals surface area (Å²) in [6, 6.07) is 5.45. The minimum Gasteiger partial charge on any atom is -0.392 e. The Kier molecular flexibility index (Phi) is 3.26. The van der Waals surface area contributed by atoms with Crippen LogP contribution in [0, 0.1) is 0 Å². The highest BCUT2D eigenvalue weighted by Gasteiger charge is 2.03. The summed E-state index contributed by atoms with van der Waals surface area (Å²) in [6.45, 7) is 1.70. The SMILES string of the molecule is CC(O)c1cc(Br)cc(CO)c1. The molecule has 3 heteroatoms. The van der Waals surface area contributed by atoms with Crippen LogP contribution in [0.1, 0.15) is 24.2 Å². The zero-order valence-electron chi connectivity index (χ0n) is 6.79. The third-order valence-corrected chi connectivity index (χ3v) is 2.10. The molecular formula is C9H11BrO2. The van der Waals surface area contributed by atoms with E-state index in [2.05, 4.69) is 15.9 Å². The molecule has 0 aliphatic carbocycles. The van der Waals surface area contributed by atoms with Crippen molar-refractivity contribution in [1.82, 2.24) is 0 Å². The molecule has 1 aromatic carbocycles. The van der Waals surface area contributed by atoms with Gasteiger partial charge in [-0.05, 0) is 30.2 Å². The van der Waals surface area contributed by atoms with E-state index in [1.165, 1.54) is 0 Å². The molecule has 0 fully saturated rings. The summed E-state index contributed by atoms with van der Waals surface area (Å²) in [4.78, 5) is 0. The van der Waals surface area contributed by atoms with Crippen LogP contribution in [0.25, 0.3) is 0 Å². The van der Waals surface area contributed by atoms with Gasteiger partial charge in [-0.15, -0.1) is 0 Å². The van der Waals surface area contributed by atoms with Gasteiger partial charge in [0.25, 0.3) is 0 Å². The molecule has 0 aliphatic rings. The largest absolute Gasteiger partial charge is 0.392 e. The van der Waals surface area contributed by atoms with Crippen molar-refractivity contribution in [3.8, 4) is 0 Å². The number of hydrogen-bond acceptors (Lipinski definition) is 2. The average molecular weight is 231 g/mol. The van der Waals surface area contributed by atoms with Gasteiger partial charge in [0.1, 0.15) is 0 Å². The van der Waals surface area contributed by atoms with Gasteiger partial charge in [0, 0.05) is 4.47 Å². The molecule has 1 atom stereocenters. The molecule has 0 radical (unpaired) electrons. The second-order valence-corrected chi connectivity index (χ2v) is 3.64. The van der Waals surface area contributed by atoms with Gasteiger partial charge in [-0.2, -0.15) is 0 Å². The van der Waals surface area contributed by atoms with Gasteiger partial charge in [0.2, 0.25) is 0 Å². The van der Waals surface area contributed by atoms with Crippen molar-refractivity contribution in [2.45, 2.75) is 19.6 Å². The lowest BCUT2D eigenvalue weighted by Crippen LogP contribution is -1.93. The van der Waals surface area contributed by atoms with Gasteiger partial charge in [-0.1, -0.05) is 22.0 Å². The fourth-order valence-corrected chi connectivity index (χ4v) is 1.57. The highest BCUT2D eigenvalue weighted by atomic mass is 79.9. The predicted molar refractivity (Wildman–Crippen MR) is 50.7 cm³/mol. The van der Waals surface area contributed by atoms with Crippen LogP contribution in [0.3, 0.4) is 0 Å². The third-order valence-electron chi connectivity index (χ3n) is 1.64. The molecule has 2 N–H and O–H groups in total. The Bertz CT molecular complexity index is 271. The van der Waals surface area contributed by atoms with E-state index in [0.29, 0.717) is 0 Å². The van der Waals surface area contributed by atoms with Crippen molar-refractivity contribution in [1.29, 1.82) is 0 Å². The molecule has 0 saturated carbocycles. The maximum atomic E-state index is 9.27. The molecule has 66 valence electrons. The summed E-state index contributed by atoms with van der Waals surface area (Å²) in [6.07, 6.45) is -0.493. The van der Waals surface area contributed by atoms with Crippen LogP contribution >= 0.6 is 15.9 Å². The molecule has 0 aromatic heterocycles. The number of halogens is 1. The highest BCUT2D eigenvalue weighted by Crippen LogP contribution is 2.20. The van der Waals surface area contributed by atoms with E-state index in [4.69, 9.17) is 5.11 Å². The number of hydrogen-bond donors (Lipinski definition) is 2. The minimum absolute atomic E-state index is 0.000833. The highest BCUT2D eigenvalue weighted by molar-refractivity contribution is 9.10. The van der Waals surface area contributed by atoms with Crippen LogP contribution < -0.4 is 0 Å². The fourth-order valence-electron chi connectivity index (χ4n) is 1.01. The van der Waals surface area contributed by atoms with Gasteiger partial charge in [-0.25, -0.2) is 0 Å². The smallest absolute Gasteiger partial charge is 0.0762 e. The molecule has 1 aromatic rings. The lowest BCUT2D eigenvalue weighted by molar-refractivity contribution is 0.198. The van der Waals surface area contributed by atoms with Crippen molar-refractivity contribution in [3.05, 3.63) is 33.8 Å². The standard InChI is InChI=1S/C9H11BrO2/c1-6(12)8-2-7(5-11)3-9(10)4-8/h2-4,6,11-12H,5H2,1H3. The second kappa shape index (κ2) is 4.03. The molecule has 0 amide bonds. The van der Waals surface area contributed by atoms with E-state index in [1.54, 1.807) is 13.0 Å². The topological polar surface area (TPSA) is 40.5 Å². The Hall–Kier alpha value is -0.380. The Morgan fingerprint density at radius 2 is 2.08 bits per heavy atom. The maximum Gasteiger partial charge on any atom is 0.0762 e. The Labute approximate surface area is 80.0 Å². The fraction of sp³-hybridized carbons (Fsp3) is 0.333. The zero-order valence-corrected chi connectivity index (χ0v) is 8.37. The summed E-state index contributed by atoms with van der Waals surface area (Å²) < 4.78 is 0.880. The van der Waals surface area contributed by atoms with Crippen LogP contribution in [0.5, 0.6) is 0 Å². The van der Waals surface area contributed by atoms with Crippen molar-refractivity contribution < 1.29 is 10.2 Å². The first-order valence-corrected chi connectivity index (χ1v) is 4.51. The van der Waals surface area contributed by atoms with E-state index in [1.807, 2.05) is 12.1 Å². The van der Waals surface area contributed by atoms with Crippen molar-refractivity contribution in [3.63, 3.8) is 0 Å². The number of aliphatic hydroxyl groups is 2. The minimum atomic E-state index is -0.493. The number of rotatable bonds is 2. The molecular weight excluding hydrogens is 220 g/mol. The Balaban J connectivity index is 3.06.